The Labute approximate surface area is 499 Å². The number of aromatic nitrogens is 4. The van der Waals surface area contributed by atoms with Crippen LogP contribution in [0.4, 0.5) is 8.78 Å². The Morgan fingerprint density at radius 2 is 0.905 bits per heavy atom. The van der Waals surface area contributed by atoms with Gasteiger partial charge in [0.05, 0.1) is 10.6 Å². The number of rotatable bonds is 14. The van der Waals surface area contributed by atoms with Crippen molar-refractivity contribution in [3.05, 3.63) is 219 Å². The molecule has 0 fully saturated rings. The zero-order chi connectivity index (χ0) is 60.4. The molecule has 4 heterocycles. The molecule has 0 aliphatic heterocycles. The Hall–Kier alpha value is -8.71. The van der Waals surface area contributed by atoms with Crippen LogP contribution in [-0.4, -0.2) is 86.7 Å². The van der Waals surface area contributed by atoms with Gasteiger partial charge < -0.3 is 31.3 Å². The van der Waals surface area contributed by atoms with Crippen LogP contribution in [-0.2, 0) is 0 Å². The SMILES string of the molecule is CNC(=O)c1c(-c2ccc(F)cc2)nc2ccc(-c3ccc(-c4ccccc4Cl)c(C(=O)NCC(C)C)c3)cn12.CNC(=O)c1c(-c2ccc(F)cc2)nc2ccc(-c3ccc(Cl)c(C(=O)NCC(C)C)c3)cn12.OB(O)c1ccccc1Cl. The third-order valence-electron chi connectivity index (χ3n) is 13.2. The predicted molar refractivity (Wildman–Crippen MR) is 330 cm³/mol. The second-order valence-electron chi connectivity index (χ2n) is 20.1. The first-order valence-corrected chi connectivity index (χ1v) is 27.8. The van der Waals surface area contributed by atoms with Crippen LogP contribution >= 0.6 is 34.8 Å². The lowest BCUT2D eigenvalue weighted by molar-refractivity contribution is 0.0941. The normalized spacial score (nSPS) is 10.9. The molecule has 0 aliphatic rings. The highest BCUT2D eigenvalue weighted by Gasteiger charge is 2.24. The van der Waals surface area contributed by atoms with Gasteiger partial charge in [-0.2, -0.15) is 0 Å². The number of nitrogens with zero attached hydrogens (tertiary/aromatic N) is 4. The number of imidazole rings is 2. The molecule has 0 bridgehead atoms. The van der Waals surface area contributed by atoms with E-state index in [2.05, 4.69) is 31.2 Å². The third kappa shape index (κ3) is 14.4. The van der Waals surface area contributed by atoms with Crippen molar-refractivity contribution in [1.82, 2.24) is 40.0 Å². The molecule has 6 N–H and O–H groups in total. The van der Waals surface area contributed by atoms with E-state index >= 15 is 0 Å². The van der Waals surface area contributed by atoms with Gasteiger partial charge in [-0.3, -0.25) is 28.0 Å². The van der Waals surface area contributed by atoms with E-state index in [-0.39, 0.29) is 41.2 Å². The summed E-state index contributed by atoms with van der Waals surface area (Å²) in [5.74, 6) is -1.23. The molecule has 14 nitrogen and oxygen atoms in total. The van der Waals surface area contributed by atoms with Crippen LogP contribution in [0.3, 0.4) is 0 Å². The summed E-state index contributed by atoms with van der Waals surface area (Å²) < 4.78 is 30.4. The number of halogens is 5. The molecule has 4 amide bonds. The average Bonchev–Trinajstić information content (AvgIpc) is 1.90. The van der Waals surface area contributed by atoms with Crippen molar-refractivity contribution in [3.8, 4) is 55.9 Å². The standard InChI is InChI=1S/C32H28ClFN4O2.C26H24ClFN4O2.C6H6BClO2/c1-19(2)17-36-31(39)26-16-21(10-14-24(26)25-6-4-5-7-27(25)33)22-11-15-28-37-29(20-8-12-23(34)13-9-20)30(32(40)35-3)38(28)18-22;1-15(2)13-30-25(33)20-12-17(6-10-21(20)27)18-7-11-22-31-23(16-4-8-19(28)9-5-16)24(26(34)29-3)32(22)14-18;8-6-4-2-1-3-5(6)7(9)10/h4-16,18-19H,17H2,1-3H3,(H,35,40)(H,36,39);4-12,14-15H,13H2,1-3H3,(H,29,34)(H,30,33);1-4,9-10H. The molecule has 84 heavy (non-hydrogen) atoms. The smallest absolute Gasteiger partial charge is 0.423 e. The van der Waals surface area contributed by atoms with Crippen LogP contribution in [0.2, 0.25) is 15.1 Å². The topological polar surface area (TPSA) is 191 Å². The molecule has 0 saturated carbocycles. The Kier molecular flexibility index (Phi) is 20.1. The van der Waals surface area contributed by atoms with Gasteiger partial charge in [-0.25, -0.2) is 18.7 Å². The molecule has 0 unspecified atom stereocenters. The highest BCUT2D eigenvalue weighted by Crippen LogP contribution is 2.35. The van der Waals surface area contributed by atoms with Gasteiger partial charge in [-0.15, -0.1) is 0 Å². The summed E-state index contributed by atoms with van der Waals surface area (Å²) in [6, 6.07) is 44.0. The molecule has 20 heteroatoms. The zero-order valence-corrected chi connectivity index (χ0v) is 48.8. The minimum Gasteiger partial charge on any atom is -0.423 e. The summed E-state index contributed by atoms with van der Waals surface area (Å²) in [5.41, 5.74) is 9.72. The summed E-state index contributed by atoms with van der Waals surface area (Å²) in [6.45, 7) is 9.19. The fourth-order valence-electron chi connectivity index (χ4n) is 8.89. The molecule has 10 aromatic rings. The zero-order valence-electron chi connectivity index (χ0n) is 46.5. The predicted octanol–water partition coefficient (Wildman–Crippen LogP) is 12.1. The maximum absolute atomic E-state index is 13.6. The number of benzene rings is 6. The van der Waals surface area contributed by atoms with Crippen LogP contribution in [0, 0.1) is 23.5 Å². The van der Waals surface area contributed by atoms with E-state index in [1.165, 1.54) is 24.3 Å². The van der Waals surface area contributed by atoms with E-state index in [1.54, 1.807) is 102 Å². The van der Waals surface area contributed by atoms with Gasteiger partial charge in [0.25, 0.3) is 23.6 Å². The van der Waals surface area contributed by atoms with Gasteiger partial charge in [-0.05, 0) is 143 Å². The number of nitrogens with one attached hydrogen (secondary N) is 4. The number of hydrogen-bond acceptors (Lipinski definition) is 8. The summed E-state index contributed by atoms with van der Waals surface area (Å²) in [7, 11) is 1.62. The van der Waals surface area contributed by atoms with Crippen LogP contribution < -0.4 is 26.7 Å². The van der Waals surface area contributed by atoms with Crippen molar-refractivity contribution in [2.24, 2.45) is 11.8 Å². The number of pyridine rings is 2. The molecule has 4 aromatic heterocycles. The van der Waals surface area contributed by atoms with Gasteiger partial charge in [-0.1, -0.05) is 117 Å². The summed E-state index contributed by atoms with van der Waals surface area (Å²) >= 11 is 18.4. The fraction of sp³-hybridized carbons (Fsp3) is 0.156. The minimum atomic E-state index is -1.48. The number of fused-ring (bicyclic) bond motifs is 2. The van der Waals surface area contributed by atoms with Crippen LogP contribution in [0.5, 0.6) is 0 Å². The summed E-state index contributed by atoms with van der Waals surface area (Å²) in [4.78, 5) is 61.1. The molecule has 0 atom stereocenters. The lowest BCUT2D eigenvalue weighted by Crippen LogP contribution is -2.30. The second-order valence-corrected chi connectivity index (χ2v) is 21.3. The molecule has 6 aromatic carbocycles. The lowest BCUT2D eigenvalue weighted by Gasteiger charge is -2.15. The Morgan fingerprint density at radius 3 is 1.35 bits per heavy atom. The number of amides is 4. The third-order valence-corrected chi connectivity index (χ3v) is 14.2. The van der Waals surface area contributed by atoms with Crippen molar-refractivity contribution in [2.75, 3.05) is 27.2 Å². The van der Waals surface area contributed by atoms with E-state index in [0.717, 1.165) is 33.4 Å². The summed E-state index contributed by atoms with van der Waals surface area (Å²) in [5, 5.41) is 29.9. The number of carbonyl (C=O) groups excluding carboxylic acids is 4. The van der Waals surface area contributed by atoms with Crippen molar-refractivity contribution in [2.45, 2.75) is 27.7 Å². The Balaban J connectivity index is 0.000000190. The molecule has 428 valence electrons. The number of hydrogen-bond donors (Lipinski definition) is 6. The van der Waals surface area contributed by atoms with E-state index in [1.807, 2.05) is 94.6 Å². The monoisotopic (exact) mass is 1190 g/mol. The molecule has 0 saturated heterocycles. The molecule has 0 aliphatic carbocycles. The van der Waals surface area contributed by atoms with E-state index in [0.29, 0.717) is 95.9 Å². The molecule has 0 radical (unpaired) electrons. The summed E-state index contributed by atoms with van der Waals surface area (Å²) in [6.07, 6.45) is 3.61. The van der Waals surface area contributed by atoms with Gasteiger partial charge in [0.2, 0.25) is 0 Å². The largest absolute Gasteiger partial charge is 0.489 e. The van der Waals surface area contributed by atoms with Crippen molar-refractivity contribution >= 4 is 82.3 Å². The van der Waals surface area contributed by atoms with Crippen molar-refractivity contribution < 1.29 is 38.0 Å². The first-order valence-electron chi connectivity index (χ1n) is 26.6. The second kappa shape index (κ2) is 27.6. The van der Waals surface area contributed by atoms with Gasteiger partial charge in [0.1, 0.15) is 45.7 Å². The average molecular weight is 1190 g/mol. The van der Waals surface area contributed by atoms with Crippen LogP contribution in [0.25, 0.3) is 67.2 Å². The first kappa shape index (κ1) is 61.4. The number of carbonyl (C=O) groups is 4. The molecular formula is C64H58BCl3F2N8O6. The van der Waals surface area contributed by atoms with Gasteiger partial charge >= 0.3 is 7.12 Å². The van der Waals surface area contributed by atoms with Gasteiger partial charge in [0.15, 0.2) is 0 Å². The van der Waals surface area contributed by atoms with Crippen molar-refractivity contribution in [1.29, 1.82) is 0 Å². The maximum Gasteiger partial charge on any atom is 0.489 e. The highest BCUT2D eigenvalue weighted by atomic mass is 35.5. The Bertz CT molecular complexity index is 4040. The van der Waals surface area contributed by atoms with Crippen LogP contribution in [0.15, 0.2) is 170 Å². The van der Waals surface area contributed by atoms with Crippen LogP contribution in [0.1, 0.15) is 69.4 Å². The first-order chi connectivity index (χ1) is 40.3. The molecule has 10 rings (SSSR count). The molecule has 0 spiro atoms. The minimum absolute atomic E-state index is 0.196. The lowest BCUT2D eigenvalue weighted by atomic mass is 9.80. The fourth-order valence-corrected chi connectivity index (χ4v) is 9.57. The quantitative estimate of drug-likeness (QED) is 0.0580. The van der Waals surface area contributed by atoms with E-state index < -0.39 is 7.12 Å². The molecular weight excluding hydrogens is 1130 g/mol. The van der Waals surface area contributed by atoms with E-state index in [9.17, 15) is 28.0 Å². The highest BCUT2D eigenvalue weighted by molar-refractivity contribution is 6.62. The Morgan fingerprint density at radius 1 is 0.488 bits per heavy atom. The van der Waals surface area contributed by atoms with E-state index in [4.69, 9.17) is 44.9 Å². The maximum atomic E-state index is 13.6. The van der Waals surface area contributed by atoms with Gasteiger partial charge in [0, 0.05) is 77.3 Å². The van der Waals surface area contributed by atoms with Crippen molar-refractivity contribution in [3.63, 3.8) is 0 Å².